The van der Waals surface area contributed by atoms with Gasteiger partial charge in [0.25, 0.3) is 0 Å². The minimum atomic E-state index is -0.192. The second-order valence-electron chi connectivity index (χ2n) is 6.57. The van der Waals surface area contributed by atoms with E-state index in [2.05, 4.69) is 25.9 Å². The summed E-state index contributed by atoms with van der Waals surface area (Å²) in [6.45, 7) is 1.44. The van der Waals surface area contributed by atoms with Crippen molar-refractivity contribution in [3.05, 3.63) is 65.7 Å². The molecule has 4 rings (SSSR count). The van der Waals surface area contributed by atoms with Gasteiger partial charge in [-0.1, -0.05) is 35.5 Å². The molecule has 0 fully saturated rings. The zero-order chi connectivity index (χ0) is 21.8. The number of benzene rings is 2. The van der Waals surface area contributed by atoms with Crippen molar-refractivity contribution < 1.29 is 9.59 Å². The number of rotatable bonds is 6. The van der Waals surface area contributed by atoms with Gasteiger partial charge in [-0.05, 0) is 48.5 Å². The molecule has 10 heteroatoms. The molecule has 4 aromatic rings. The highest BCUT2D eigenvalue weighted by molar-refractivity contribution is 7.99. The van der Waals surface area contributed by atoms with Crippen LogP contribution in [0.3, 0.4) is 0 Å². The molecule has 2 aromatic carbocycles. The summed E-state index contributed by atoms with van der Waals surface area (Å²) >= 11 is 7.19. The number of halogens is 1. The maximum atomic E-state index is 12.3. The van der Waals surface area contributed by atoms with Gasteiger partial charge in [-0.2, -0.15) is 9.61 Å². The molecule has 0 unspecified atom stereocenters. The van der Waals surface area contributed by atoms with Crippen LogP contribution in [0.2, 0.25) is 5.02 Å². The first-order valence-electron chi connectivity index (χ1n) is 9.27. The largest absolute Gasteiger partial charge is 0.326 e. The zero-order valence-electron chi connectivity index (χ0n) is 16.4. The Bertz CT molecular complexity index is 1240. The van der Waals surface area contributed by atoms with Gasteiger partial charge in [0.15, 0.2) is 5.65 Å². The number of hydrogen-bond donors (Lipinski definition) is 2. The van der Waals surface area contributed by atoms with Crippen LogP contribution in [0.1, 0.15) is 6.92 Å². The van der Waals surface area contributed by atoms with Crippen LogP contribution < -0.4 is 10.6 Å². The minimum absolute atomic E-state index is 0.140. The van der Waals surface area contributed by atoms with Gasteiger partial charge in [0.1, 0.15) is 0 Å². The molecule has 0 spiro atoms. The third-order valence-electron chi connectivity index (χ3n) is 4.20. The van der Waals surface area contributed by atoms with Crippen molar-refractivity contribution in [3.63, 3.8) is 0 Å². The molecular weight excluding hydrogens is 436 g/mol. The number of nitrogens with zero attached hydrogens (tertiary/aromatic N) is 4. The Labute approximate surface area is 187 Å². The first-order valence-corrected chi connectivity index (χ1v) is 10.6. The summed E-state index contributed by atoms with van der Waals surface area (Å²) in [4.78, 5) is 23.4. The lowest BCUT2D eigenvalue weighted by Gasteiger charge is -2.07. The van der Waals surface area contributed by atoms with Gasteiger partial charge in [0.2, 0.25) is 17.0 Å². The second-order valence-corrected chi connectivity index (χ2v) is 7.95. The SMILES string of the molecule is CC(=O)Nc1ccc(NC(=O)CSc2nnc3ccc(-c4ccc(Cl)cc4)nn23)cc1. The van der Waals surface area contributed by atoms with Crippen molar-refractivity contribution in [1.29, 1.82) is 0 Å². The molecule has 31 heavy (non-hydrogen) atoms. The summed E-state index contributed by atoms with van der Waals surface area (Å²) in [6.07, 6.45) is 0. The van der Waals surface area contributed by atoms with E-state index in [0.29, 0.717) is 27.2 Å². The quantitative estimate of drug-likeness (QED) is 0.426. The fourth-order valence-corrected chi connectivity index (χ4v) is 3.61. The lowest BCUT2D eigenvalue weighted by atomic mass is 10.1. The Kier molecular flexibility index (Phi) is 6.15. The van der Waals surface area contributed by atoms with Crippen molar-refractivity contribution in [3.8, 4) is 11.3 Å². The van der Waals surface area contributed by atoms with Crippen LogP contribution in [0, 0.1) is 0 Å². The average Bonchev–Trinajstić information content (AvgIpc) is 3.16. The molecule has 0 saturated carbocycles. The summed E-state index contributed by atoms with van der Waals surface area (Å²) in [5, 5.41) is 19.5. The van der Waals surface area contributed by atoms with Crippen molar-refractivity contribution in [2.24, 2.45) is 0 Å². The monoisotopic (exact) mass is 452 g/mol. The Hall–Kier alpha value is -3.43. The average molecular weight is 453 g/mol. The number of amides is 2. The highest BCUT2D eigenvalue weighted by Gasteiger charge is 2.12. The van der Waals surface area contributed by atoms with E-state index < -0.39 is 0 Å². The summed E-state index contributed by atoms with van der Waals surface area (Å²) in [5.74, 6) is -0.203. The Morgan fingerprint density at radius 3 is 2.29 bits per heavy atom. The van der Waals surface area contributed by atoms with E-state index in [9.17, 15) is 9.59 Å². The minimum Gasteiger partial charge on any atom is -0.326 e. The molecule has 2 heterocycles. The molecule has 0 aliphatic rings. The first kappa shape index (κ1) is 20.8. The maximum absolute atomic E-state index is 12.3. The third kappa shape index (κ3) is 5.19. The molecule has 2 N–H and O–H groups in total. The number of hydrogen-bond acceptors (Lipinski definition) is 6. The van der Waals surface area contributed by atoms with Crippen molar-refractivity contribution in [1.82, 2.24) is 19.8 Å². The Balaban J connectivity index is 1.42. The summed E-state index contributed by atoms with van der Waals surface area (Å²) < 4.78 is 1.62. The van der Waals surface area contributed by atoms with Crippen LogP contribution >= 0.6 is 23.4 Å². The number of carbonyl (C=O) groups is 2. The number of carbonyl (C=O) groups excluding carboxylic acids is 2. The van der Waals surface area contributed by atoms with E-state index in [1.54, 1.807) is 40.9 Å². The molecule has 0 aliphatic heterocycles. The van der Waals surface area contributed by atoms with Crippen molar-refractivity contribution in [2.45, 2.75) is 12.1 Å². The highest BCUT2D eigenvalue weighted by atomic mass is 35.5. The Morgan fingerprint density at radius 1 is 0.935 bits per heavy atom. The van der Waals surface area contributed by atoms with E-state index in [0.717, 1.165) is 11.3 Å². The van der Waals surface area contributed by atoms with E-state index in [1.165, 1.54) is 18.7 Å². The maximum Gasteiger partial charge on any atom is 0.234 e. The molecule has 0 radical (unpaired) electrons. The van der Waals surface area contributed by atoms with Gasteiger partial charge in [0.05, 0.1) is 11.4 Å². The van der Waals surface area contributed by atoms with Gasteiger partial charge in [-0.3, -0.25) is 9.59 Å². The lowest BCUT2D eigenvalue weighted by Crippen LogP contribution is -2.14. The van der Waals surface area contributed by atoms with Gasteiger partial charge in [-0.15, -0.1) is 10.2 Å². The standard InChI is InChI=1S/C21H17ClN6O2S/c1-13(29)23-16-6-8-17(9-7-16)24-20(30)12-31-21-26-25-19-11-10-18(27-28(19)21)14-2-4-15(22)5-3-14/h2-11H,12H2,1H3,(H,23,29)(H,24,30). The van der Waals surface area contributed by atoms with Gasteiger partial charge >= 0.3 is 0 Å². The fraction of sp³-hybridized carbons (Fsp3) is 0.0952. The number of thioether (sulfide) groups is 1. The van der Waals surface area contributed by atoms with E-state index in [-0.39, 0.29) is 17.6 Å². The first-order chi connectivity index (χ1) is 15.0. The van der Waals surface area contributed by atoms with Crippen molar-refractivity contribution in [2.75, 3.05) is 16.4 Å². The van der Waals surface area contributed by atoms with Crippen LogP contribution in [-0.2, 0) is 9.59 Å². The zero-order valence-corrected chi connectivity index (χ0v) is 17.9. The molecular formula is C21H17ClN6O2S. The van der Waals surface area contributed by atoms with Crippen LogP contribution in [-0.4, -0.2) is 37.4 Å². The van der Waals surface area contributed by atoms with Crippen LogP contribution in [0.4, 0.5) is 11.4 Å². The highest BCUT2D eigenvalue weighted by Crippen LogP contribution is 2.22. The van der Waals surface area contributed by atoms with Gasteiger partial charge in [-0.25, -0.2) is 0 Å². The molecule has 2 aromatic heterocycles. The van der Waals surface area contributed by atoms with Crippen LogP contribution in [0.25, 0.3) is 16.9 Å². The smallest absolute Gasteiger partial charge is 0.234 e. The third-order valence-corrected chi connectivity index (χ3v) is 5.37. The summed E-state index contributed by atoms with van der Waals surface area (Å²) in [7, 11) is 0. The topological polar surface area (TPSA) is 101 Å². The molecule has 0 atom stereocenters. The van der Waals surface area contributed by atoms with E-state index in [1.807, 2.05) is 24.3 Å². The molecule has 2 amide bonds. The molecule has 0 bridgehead atoms. The lowest BCUT2D eigenvalue weighted by molar-refractivity contribution is -0.114. The predicted octanol–water partition coefficient (Wildman–Crippen LogP) is 4.13. The number of fused-ring (bicyclic) bond motifs is 1. The van der Waals surface area contributed by atoms with Crippen LogP contribution in [0.15, 0.2) is 65.8 Å². The number of nitrogens with one attached hydrogen (secondary N) is 2. The molecule has 0 aliphatic carbocycles. The normalized spacial score (nSPS) is 10.8. The predicted molar refractivity (Wildman–Crippen MR) is 121 cm³/mol. The number of aromatic nitrogens is 4. The molecule has 156 valence electrons. The second kappa shape index (κ2) is 9.15. The fourth-order valence-electron chi connectivity index (χ4n) is 2.80. The van der Waals surface area contributed by atoms with Gasteiger partial charge in [0, 0.05) is 28.9 Å². The summed E-state index contributed by atoms with van der Waals surface area (Å²) in [6, 6.07) is 18.0. The Morgan fingerprint density at radius 2 is 1.61 bits per heavy atom. The molecule has 8 nitrogen and oxygen atoms in total. The number of anilines is 2. The van der Waals surface area contributed by atoms with Crippen LogP contribution in [0.5, 0.6) is 0 Å². The van der Waals surface area contributed by atoms with Gasteiger partial charge < -0.3 is 10.6 Å². The van der Waals surface area contributed by atoms with E-state index in [4.69, 9.17) is 11.6 Å². The molecule has 0 saturated heterocycles. The van der Waals surface area contributed by atoms with Crippen molar-refractivity contribution >= 4 is 52.2 Å². The summed E-state index contributed by atoms with van der Waals surface area (Å²) in [5.41, 5.74) is 3.55. The van der Waals surface area contributed by atoms with E-state index >= 15 is 0 Å².